The third-order valence-electron chi connectivity index (χ3n) is 4.16. The van der Waals surface area contributed by atoms with E-state index in [4.69, 9.17) is 4.42 Å². The van der Waals surface area contributed by atoms with Gasteiger partial charge in [0, 0.05) is 26.2 Å². The third kappa shape index (κ3) is 2.70. The lowest BCUT2D eigenvalue weighted by Crippen LogP contribution is -2.48. The Kier molecular flexibility index (Phi) is 3.83. The van der Waals surface area contributed by atoms with E-state index in [0.29, 0.717) is 38.2 Å². The van der Waals surface area contributed by atoms with Crippen LogP contribution in [0.15, 0.2) is 50.5 Å². The summed E-state index contributed by atoms with van der Waals surface area (Å²) < 4.78 is 37.3. The highest BCUT2D eigenvalue weighted by Crippen LogP contribution is 2.24. The molecular weight excluding hydrogens is 332 g/mol. The Morgan fingerprint density at radius 2 is 1.88 bits per heavy atom. The van der Waals surface area contributed by atoms with Gasteiger partial charge in [-0.05, 0) is 34.6 Å². The smallest absolute Gasteiger partial charge is 0.245 e. The van der Waals surface area contributed by atoms with Gasteiger partial charge in [0.05, 0.1) is 12.8 Å². The molecule has 2 aromatic heterocycles. The van der Waals surface area contributed by atoms with Crippen LogP contribution in [-0.2, 0) is 16.6 Å². The largest absolute Gasteiger partial charge is 0.468 e. The van der Waals surface area contributed by atoms with Crippen LogP contribution < -0.4 is 0 Å². The summed E-state index contributed by atoms with van der Waals surface area (Å²) in [5.41, 5.74) is 0.711. The zero-order valence-electron chi connectivity index (χ0n) is 12.8. The number of hydrogen-bond donors (Lipinski definition) is 0. The number of benzene rings is 1. The number of nitrogens with zero attached hydrogens (tertiary/aromatic N) is 4. The fourth-order valence-electron chi connectivity index (χ4n) is 2.88. The van der Waals surface area contributed by atoms with Gasteiger partial charge >= 0.3 is 0 Å². The predicted octanol–water partition coefficient (Wildman–Crippen LogP) is 1.32. The van der Waals surface area contributed by atoms with Crippen molar-refractivity contribution in [3.63, 3.8) is 0 Å². The maximum Gasteiger partial charge on any atom is 0.245 e. The van der Waals surface area contributed by atoms with Crippen molar-refractivity contribution in [2.24, 2.45) is 0 Å². The van der Waals surface area contributed by atoms with Crippen LogP contribution >= 0.6 is 0 Å². The zero-order valence-corrected chi connectivity index (χ0v) is 13.6. The van der Waals surface area contributed by atoms with Crippen molar-refractivity contribution in [1.82, 2.24) is 19.5 Å². The van der Waals surface area contributed by atoms with Crippen LogP contribution in [0.2, 0.25) is 0 Å². The average molecular weight is 348 g/mol. The molecule has 0 saturated carbocycles. The maximum absolute atomic E-state index is 12.9. The van der Waals surface area contributed by atoms with E-state index >= 15 is 0 Å². The molecule has 0 radical (unpaired) electrons. The van der Waals surface area contributed by atoms with Crippen molar-refractivity contribution in [3.05, 3.63) is 42.4 Å². The second-order valence-corrected chi connectivity index (χ2v) is 7.55. The number of rotatable bonds is 4. The highest BCUT2D eigenvalue weighted by atomic mass is 32.2. The number of fused-ring (bicyclic) bond motifs is 1. The average Bonchev–Trinajstić information content (AvgIpc) is 3.26. The van der Waals surface area contributed by atoms with E-state index in [1.807, 2.05) is 12.1 Å². The van der Waals surface area contributed by atoms with Crippen molar-refractivity contribution >= 4 is 21.1 Å². The summed E-state index contributed by atoms with van der Waals surface area (Å²) in [5.74, 6) is 0.879. The minimum atomic E-state index is -3.62. The van der Waals surface area contributed by atoms with Gasteiger partial charge in [-0.2, -0.15) is 4.31 Å². The molecule has 0 bridgehead atoms. The van der Waals surface area contributed by atoms with Crippen molar-refractivity contribution in [3.8, 4) is 0 Å². The van der Waals surface area contributed by atoms with Gasteiger partial charge in [-0.15, -0.1) is 0 Å². The second kappa shape index (κ2) is 6.00. The van der Waals surface area contributed by atoms with E-state index < -0.39 is 10.0 Å². The zero-order chi connectivity index (χ0) is 16.6. The van der Waals surface area contributed by atoms with E-state index in [9.17, 15) is 8.42 Å². The molecule has 3 aromatic rings. The molecule has 0 amide bonds. The number of hydrogen-bond acceptors (Lipinski definition) is 7. The van der Waals surface area contributed by atoms with E-state index in [1.54, 1.807) is 18.4 Å². The molecule has 3 heterocycles. The molecule has 1 fully saturated rings. The summed E-state index contributed by atoms with van der Waals surface area (Å²) >= 11 is 0. The predicted molar refractivity (Wildman–Crippen MR) is 84.5 cm³/mol. The molecule has 1 aliphatic heterocycles. The summed E-state index contributed by atoms with van der Waals surface area (Å²) in [6.07, 6.45) is 1.64. The normalized spacial score (nSPS) is 17.5. The quantitative estimate of drug-likeness (QED) is 0.702. The van der Waals surface area contributed by atoms with Crippen LogP contribution in [0.3, 0.4) is 0 Å². The molecule has 24 heavy (non-hydrogen) atoms. The number of sulfonamides is 1. The minimum Gasteiger partial charge on any atom is -0.468 e. The van der Waals surface area contributed by atoms with Gasteiger partial charge in [-0.25, -0.2) is 13.0 Å². The van der Waals surface area contributed by atoms with Gasteiger partial charge in [-0.1, -0.05) is 6.07 Å². The summed E-state index contributed by atoms with van der Waals surface area (Å²) in [7, 11) is -3.62. The molecule has 0 N–H and O–H groups in total. The van der Waals surface area contributed by atoms with Crippen molar-refractivity contribution < 1.29 is 17.5 Å². The van der Waals surface area contributed by atoms with Crippen molar-refractivity contribution in [2.45, 2.75) is 11.4 Å². The lowest BCUT2D eigenvalue weighted by molar-refractivity contribution is 0.171. The van der Waals surface area contributed by atoms with Crippen molar-refractivity contribution in [2.75, 3.05) is 26.2 Å². The van der Waals surface area contributed by atoms with Gasteiger partial charge in [0.25, 0.3) is 0 Å². The molecule has 4 rings (SSSR count). The molecular formula is C15H16N4O4S. The van der Waals surface area contributed by atoms with Crippen LogP contribution in [0.1, 0.15) is 5.76 Å². The first-order chi connectivity index (χ1) is 11.6. The Morgan fingerprint density at radius 3 is 2.62 bits per heavy atom. The first-order valence-electron chi connectivity index (χ1n) is 7.61. The van der Waals surface area contributed by atoms with Crippen LogP contribution in [0.4, 0.5) is 0 Å². The Bertz CT molecular complexity index is 927. The molecule has 1 aromatic carbocycles. The summed E-state index contributed by atoms with van der Waals surface area (Å²) in [4.78, 5) is 2.31. The van der Waals surface area contributed by atoms with Crippen LogP contribution in [0.25, 0.3) is 11.0 Å². The minimum absolute atomic E-state index is 0.140. The maximum atomic E-state index is 12.9. The van der Waals surface area contributed by atoms with Crippen LogP contribution in [0.5, 0.6) is 0 Å². The summed E-state index contributed by atoms with van der Waals surface area (Å²) in [5, 5.41) is 7.43. The van der Waals surface area contributed by atoms with E-state index in [1.165, 1.54) is 10.4 Å². The Morgan fingerprint density at radius 1 is 1.04 bits per heavy atom. The molecule has 8 nitrogen and oxygen atoms in total. The van der Waals surface area contributed by atoms with Crippen LogP contribution in [-0.4, -0.2) is 54.1 Å². The molecule has 0 aliphatic carbocycles. The number of furan rings is 1. The summed E-state index contributed by atoms with van der Waals surface area (Å²) in [6.45, 7) is 2.82. The second-order valence-electron chi connectivity index (χ2n) is 5.65. The molecule has 126 valence electrons. The number of piperazine rings is 1. The lowest BCUT2D eigenvalue weighted by atomic mass is 10.3. The topological polar surface area (TPSA) is 92.7 Å². The Hall–Kier alpha value is -2.23. The highest BCUT2D eigenvalue weighted by molar-refractivity contribution is 7.89. The summed E-state index contributed by atoms with van der Waals surface area (Å²) in [6, 6.07) is 8.62. The van der Waals surface area contributed by atoms with Gasteiger partial charge < -0.3 is 4.42 Å². The third-order valence-corrected chi connectivity index (χ3v) is 6.09. The van der Waals surface area contributed by atoms with Gasteiger partial charge in [0.1, 0.15) is 16.2 Å². The van der Waals surface area contributed by atoms with Gasteiger partial charge in [-0.3, -0.25) is 4.90 Å². The van der Waals surface area contributed by atoms with E-state index in [0.717, 1.165) is 5.76 Å². The first kappa shape index (κ1) is 15.3. The Balaban J connectivity index is 1.51. The molecule has 0 spiro atoms. The lowest BCUT2D eigenvalue weighted by Gasteiger charge is -2.33. The van der Waals surface area contributed by atoms with Crippen LogP contribution in [0, 0.1) is 0 Å². The number of aromatic nitrogens is 2. The standard InChI is InChI=1S/C15H16N4O4S/c20-24(21,14-5-1-4-13-15(14)17-23-16-13)19-8-6-18(7-9-19)11-12-3-2-10-22-12/h1-5,10H,6-9,11H2. The molecule has 9 heteroatoms. The molecule has 1 saturated heterocycles. The monoisotopic (exact) mass is 348 g/mol. The van der Waals surface area contributed by atoms with Gasteiger partial charge in [0.15, 0.2) is 5.52 Å². The fourth-order valence-corrected chi connectivity index (χ4v) is 4.44. The fraction of sp³-hybridized carbons (Fsp3) is 0.333. The first-order valence-corrected chi connectivity index (χ1v) is 9.05. The molecule has 1 aliphatic rings. The highest BCUT2D eigenvalue weighted by Gasteiger charge is 2.31. The molecule has 0 unspecified atom stereocenters. The molecule has 0 atom stereocenters. The SMILES string of the molecule is O=S(=O)(c1cccc2nonc12)N1CCN(Cc2ccco2)CC1. The Labute approximate surface area is 138 Å². The van der Waals surface area contributed by atoms with Crippen molar-refractivity contribution in [1.29, 1.82) is 0 Å². The van der Waals surface area contributed by atoms with E-state index in [-0.39, 0.29) is 10.4 Å². The van der Waals surface area contributed by atoms with E-state index in [2.05, 4.69) is 19.8 Å². The van der Waals surface area contributed by atoms with Gasteiger partial charge in [0.2, 0.25) is 10.0 Å².